The Labute approximate surface area is 145 Å². The maximum absolute atomic E-state index is 12.5. The monoisotopic (exact) mass is 331 g/mol. The third-order valence-corrected chi connectivity index (χ3v) is 3.89. The molecule has 2 aromatic carbocycles. The van der Waals surface area contributed by atoms with Gasteiger partial charge in [0.05, 0.1) is 0 Å². The highest BCUT2D eigenvalue weighted by Gasteiger charge is 2.09. The van der Waals surface area contributed by atoms with E-state index in [1.165, 1.54) is 23.4 Å². The Kier molecular flexibility index (Phi) is 7.89. The lowest BCUT2D eigenvalue weighted by Crippen LogP contribution is -2.16. The minimum absolute atomic E-state index is 0.00519. The zero-order chi connectivity index (χ0) is 18.3. The minimum Gasteiger partial charge on any atom is -0.378 e. The number of benzene rings is 2. The smallest absolute Gasteiger partial charge is 0.123 e. The van der Waals surface area contributed by atoms with Gasteiger partial charge in [0, 0.05) is 31.9 Å². The molecule has 0 fully saturated rings. The summed E-state index contributed by atoms with van der Waals surface area (Å²) in [5.74, 6) is 0.171. The standard InChI is InChI=1S/C10H14FN.C10H16N2/c1-7(2)10(12)8-3-5-9(11)6-4-8;1-8(11)9-5-4-6-10(7-9)12(2)3/h3-7,10H,12H2,1-2H3;4-8H,11H2,1-3H3. The van der Waals surface area contributed by atoms with Crippen LogP contribution in [0.5, 0.6) is 0 Å². The molecule has 0 aliphatic rings. The summed E-state index contributed by atoms with van der Waals surface area (Å²) in [6.07, 6.45) is 0. The fraction of sp³-hybridized carbons (Fsp3) is 0.400. The van der Waals surface area contributed by atoms with E-state index in [0.29, 0.717) is 5.92 Å². The van der Waals surface area contributed by atoms with E-state index in [0.717, 1.165) is 5.56 Å². The minimum atomic E-state index is -0.213. The SMILES string of the molecule is CC(C)C(N)c1ccc(F)cc1.CC(N)c1cccc(N(C)C)c1. The first-order chi connectivity index (χ1) is 11.2. The molecule has 132 valence electrons. The topological polar surface area (TPSA) is 55.3 Å². The van der Waals surface area contributed by atoms with Gasteiger partial charge in [0.15, 0.2) is 0 Å². The maximum atomic E-state index is 12.5. The van der Waals surface area contributed by atoms with E-state index in [9.17, 15) is 4.39 Å². The van der Waals surface area contributed by atoms with Crippen LogP contribution in [0.2, 0.25) is 0 Å². The summed E-state index contributed by atoms with van der Waals surface area (Å²) in [5.41, 5.74) is 15.0. The molecule has 0 aliphatic heterocycles. The van der Waals surface area contributed by atoms with Crippen LogP contribution >= 0.6 is 0 Å². The summed E-state index contributed by atoms with van der Waals surface area (Å²) in [7, 11) is 4.06. The van der Waals surface area contributed by atoms with Gasteiger partial charge in [0.1, 0.15) is 5.82 Å². The van der Waals surface area contributed by atoms with E-state index in [1.54, 1.807) is 12.1 Å². The predicted octanol–water partition coefficient (Wildman–Crippen LogP) is 4.25. The quantitative estimate of drug-likeness (QED) is 0.880. The van der Waals surface area contributed by atoms with Gasteiger partial charge in [-0.3, -0.25) is 0 Å². The number of nitrogens with zero attached hydrogens (tertiary/aromatic N) is 1. The van der Waals surface area contributed by atoms with Crippen LogP contribution < -0.4 is 16.4 Å². The highest BCUT2D eigenvalue weighted by atomic mass is 19.1. The molecule has 24 heavy (non-hydrogen) atoms. The lowest BCUT2D eigenvalue weighted by molar-refractivity contribution is 0.513. The van der Waals surface area contributed by atoms with Gasteiger partial charge in [0.2, 0.25) is 0 Å². The summed E-state index contributed by atoms with van der Waals surface area (Å²) < 4.78 is 12.5. The molecule has 0 aliphatic carbocycles. The number of hydrogen-bond acceptors (Lipinski definition) is 3. The average molecular weight is 331 g/mol. The third-order valence-electron chi connectivity index (χ3n) is 3.89. The third kappa shape index (κ3) is 6.30. The lowest BCUT2D eigenvalue weighted by Gasteiger charge is -2.15. The van der Waals surface area contributed by atoms with Gasteiger partial charge in [0.25, 0.3) is 0 Å². The molecule has 0 amide bonds. The van der Waals surface area contributed by atoms with Crippen LogP contribution in [0.3, 0.4) is 0 Å². The van der Waals surface area contributed by atoms with Crippen LogP contribution in [0, 0.1) is 11.7 Å². The molecule has 2 rings (SSSR count). The van der Waals surface area contributed by atoms with Crippen molar-refractivity contribution in [3.63, 3.8) is 0 Å². The van der Waals surface area contributed by atoms with Gasteiger partial charge < -0.3 is 16.4 Å². The first kappa shape index (κ1) is 20.1. The molecule has 2 atom stereocenters. The molecule has 4 N–H and O–H groups in total. The van der Waals surface area contributed by atoms with Crippen molar-refractivity contribution >= 4 is 5.69 Å². The van der Waals surface area contributed by atoms with Crippen molar-refractivity contribution in [3.8, 4) is 0 Å². The van der Waals surface area contributed by atoms with Crippen molar-refractivity contribution < 1.29 is 4.39 Å². The maximum Gasteiger partial charge on any atom is 0.123 e. The molecular weight excluding hydrogens is 301 g/mol. The van der Waals surface area contributed by atoms with Crippen molar-refractivity contribution in [1.82, 2.24) is 0 Å². The van der Waals surface area contributed by atoms with Gasteiger partial charge in [-0.25, -0.2) is 4.39 Å². The summed E-state index contributed by atoms with van der Waals surface area (Å²) in [6.45, 7) is 6.09. The van der Waals surface area contributed by atoms with Crippen LogP contribution in [-0.4, -0.2) is 14.1 Å². The number of halogens is 1. The summed E-state index contributed by atoms with van der Waals surface area (Å²) >= 11 is 0. The van der Waals surface area contributed by atoms with E-state index < -0.39 is 0 Å². The number of anilines is 1. The zero-order valence-corrected chi connectivity index (χ0v) is 15.3. The molecule has 0 spiro atoms. The van der Waals surface area contributed by atoms with E-state index in [4.69, 9.17) is 11.5 Å². The second-order valence-electron chi connectivity index (χ2n) is 6.60. The van der Waals surface area contributed by atoms with Crippen LogP contribution in [-0.2, 0) is 0 Å². The molecule has 3 nitrogen and oxygen atoms in total. The van der Waals surface area contributed by atoms with Gasteiger partial charge >= 0.3 is 0 Å². The van der Waals surface area contributed by atoms with Gasteiger partial charge in [-0.05, 0) is 48.2 Å². The van der Waals surface area contributed by atoms with Gasteiger partial charge in [-0.2, -0.15) is 0 Å². The average Bonchev–Trinajstić information content (AvgIpc) is 2.55. The second kappa shape index (κ2) is 9.40. The highest BCUT2D eigenvalue weighted by molar-refractivity contribution is 5.47. The van der Waals surface area contributed by atoms with Crippen molar-refractivity contribution in [1.29, 1.82) is 0 Å². The summed E-state index contributed by atoms with van der Waals surface area (Å²) in [5, 5.41) is 0. The molecule has 0 heterocycles. The van der Waals surface area contributed by atoms with Gasteiger partial charge in [-0.1, -0.05) is 38.1 Å². The van der Waals surface area contributed by atoms with Crippen LogP contribution in [0.4, 0.5) is 10.1 Å². The fourth-order valence-corrected chi connectivity index (χ4v) is 2.16. The lowest BCUT2D eigenvalue weighted by atomic mass is 9.97. The second-order valence-corrected chi connectivity index (χ2v) is 6.60. The fourth-order valence-electron chi connectivity index (χ4n) is 2.16. The van der Waals surface area contributed by atoms with E-state index >= 15 is 0 Å². The number of rotatable bonds is 4. The molecule has 0 bridgehead atoms. The van der Waals surface area contributed by atoms with Crippen molar-refractivity contribution in [2.24, 2.45) is 17.4 Å². The molecule has 0 radical (unpaired) electrons. The van der Waals surface area contributed by atoms with Crippen LogP contribution in [0.25, 0.3) is 0 Å². The largest absolute Gasteiger partial charge is 0.378 e. The summed E-state index contributed by atoms with van der Waals surface area (Å²) in [6, 6.07) is 14.8. The Balaban J connectivity index is 0.000000240. The van der Waals surface area contributed by atoms with Crippen LogP contribution in [0.15, 0.2) is 48.5 Å². The van der Waals surface area contributed by atoms with Crippen molar-refractivity contribution in [2.75, 3.05) is 19.0 Å². The van der Waals surface area contributed by atoms with Crippen molar-refractivity contribution in [2.45, 2.75) is 32.9 Å². The highest BCUT2D eigenvalue weighted by Crippen LogP contribution is 2.18. The first-order valence-electron chi connectivity index (χ1n) is 8.26. The Morgan fingerprint density at radius 3 is 1.92 bits per heavy atom. The predicted molar refractivity (Wildman–Crippen MR) is 102 cm³/mol. The normalized spacial score (nSPS) is 13.0. The Morgan fingerprint density at radius 2 is 1.46 bits per heavy atom. The summed E-state index contributed by atoms with van der Waals surface area (Å²) in [4.78, 5) is 2.08. The molecule has 0 saturated heterocycles. The Morgan fingerprint density at radius 1 is 0.875 bits per heavy atom. The number of nitrogens with two attached hydrogens (primary N) is 2. The Bertz CT molecular complexity index is 583. The first-order valence-corrected chi connectivity index (χ1v) is 8.26. The molecule has 4 heteroatoms. The zero-order valence-electron chi connectivity index (χ0n) is 15.3. The van der Waals surface area contributed by atoms with Crippen LogP contribution in [0.1, 0.15) is 44.0 Å². The number of hydrogen-bond donors (Lipinski definition) is 2. The van der Waals surface area contributed by atoms with Crippen molar-refractivity contribution in [3.05, 3.63) is 65.5 Å². The van der Waals surface area contributed by atoms with E-state index in [2.05, 4.69) is 23.1 Å². The molecule has 2 unspecified atom stereocenters. The molecular formula is C20H30FN3. The van der Waals surface area contributed by atoms with Gasteiger partial charge in [-0.15, -0.1) is 0 Å². The molecule has 0 aromatic heterocycles. The molecule has 0 saturated carbocycles. The Hall–Kier alpha value is -1.91. The van der Waals surface area contributed by atoms with E-state index in [1.807, 2.05) is 40.9 Å². The molecule has 2 aromatic rings. The van der Waals surface area contributed by atoms with E-state index in [-0.39, 0.29) is 17.9 Å².